The van der Waals surface area contributed by atoms with Crippen LogP contribution in [0.2, 0.25) is 5.15 Å². The fraction of sp³-hybridized carbons (Fsp3) is 0.154. The maximum absolute atomic E-state index is 8.86. The van der Waals surface area contributed by atoms with Crippen LogP contribution in [0.3, 0.4) is 0 Å². The Morgan fingerprint density at radius 2 is 2.19 bits per heavy atom. The van der Waals surface area contributed by atoms with E-state index in [1.165, 1.54) is 10.8 Å². The number of nitrogen functional groups attached to an aromatic ring is 1. The molecule has 7 nitrogen and oxygen atoms in total. The minimum atomic E-state index is 0.181. The van der Waals surface area contributed by atoms with Crippen molar-refractivity contribution in [2.45, 2.75) is 13.3 Å². The molecule has 0 fully saturated rings. The number of hydrogen-bond donors (Lipinski definition) is 1. The largest absolute Gasteiger partial charge is 0.383 e. The summed E-state index contributed by atoms with van der Waals surface area (Å²) in [6.07, 6.45) is 1.85. The van der Waals surface area contributed by atoms with E-state index >= 15 is 0 Å². The van der Waals surface area contributed by atoms with E-state index in [4.69, 9.17) is 22.6 Å². The quantitative estimate of drug-likeness (QED) is 0.719. The number of nitrogens with two attached hydrogens (primary N) is 1. The number of pyridine rings is 1. The third-order valence-electron chi connectivity index (χ3n) is 3.16. The van der Waals surface area contributed by atoms with Crippen molar-refractivity contribution < 1.29 is 0 Å². The molecular formula is C13H10ClN7. The molecule has 0 spiro atoms. The summed E-state index contributed by atoms with van der Waals surface area (Å²) in [6.45, 7) is 1.85. The Bertz CT molecular complexity index is 878. The molecule has 104 valence electrons. The third-order valence-corrected chi connectivity index (χ3v) is 3.44. The van der Waals surface area contributed by atoms with Crippen molar-refractivity contribution in [3.05, 3.63) is 46.1 Å². The topological polar surface area (TPSA) is 106 Å². The Morgan fingerprint density at radius 3 is 2.90 bits per heavy atom. The molecule has 8 heteroatoms. The van der Waals surface area contributed by atoms with Crippen LogP contribution < -0.4 is 5.73 Å². The monoisotopic (exact) mass is 299 g/mol. The maximum atomic E-state index is 8.86. The summed E-state index contributed by atoms with van der Waals surface area (Å²) in [5.41, 5.74) is 8.73. The number of aromatic nitrogens is 5. The van der Waals surface area contributed by atoms with Gasteiger partial charge < -0.3 is 5.73 Å². The van der Waals surface area contributed by atoms with Crippen LogP contribution in [-0.4, -0.2) is 24.6 Å². The van der Waals surface area contributed by atoms with Gasteiger partial charge in [-0.2, -0.15) is 19.9 Å². The Balaban J connectivity index is 2.05. The van der Waals surface area contributed by atoms with Gasteiger partial charge in [0.25, 0.3) is 5.78 Å². The minimum absolute atomic E-state index is 0.181. The van der Waals surface area contributed by atoms with E-state index in [0.29, 0.717) is 29.3 Å². The number of halogens is 1. The van der Waals surface area contributed by atoms with Gasteiger partial charge in [0.15, 0.2) is 0 Å². The normalized spacial score (nSPS) is 10.7. The van der Waals surface area contributed by atoms with Crippen LogP contribution in [0, 0.1) is 18.3 Å². The molecule has 0 aliphatic rings. The number of aryl methyl sites for hydroxylation is 1. The Hall–Kier alpha value is -2.72. The van der Waals surface area contributed by atoms with E-state index in [1.807, 2.05) is 13.0 Å². The number of anilines is 1. The van der Waals surface area contributed by atoms with Crippen molar-refractivity contribution in [1.82, 2.24) is 24.6 Å². The van der Waals surface area contributed by atoms with Crippen molar-refractivity contribution >= 4 is 23.2 Å². The van der Waals surface area contributed by atoms with Crippen molar-refractivity contribution in [2.24, 2.45) is 0 Å². The molecule has 3 heterocycles. The van der Waals surface area contributed by atoms with Gasteiger partial charge in [0.2, 0.25) is 0 Å². The molecule has 0 bridgehead atoms. The lowest BCUT2D eigenvalue weighted by Crippen LogP contribution is -2.09. The highest BCUT2D eigenvalue weighted by Gasteiger charge is 2.13. The van der Waals surface area contributed by atoms with Crippen molar-refractivity contribution in [3.8, 4) is 6.07 Å². The van der Waals surface area contributed by atoms with Crippen LogP contribution in [0.5, 0.6) is 0 Å². The first kappa shape index (κ1) is 13.3. The van der Waals surface area contributed by atoms with E-state index in [0.717, 1.165) is 11.3 Å². The van der Waals surface area contributed by atoms with Gasteiger partial charge in [0.1, 0.15) is 23.4 Å². The smallest absolute Gasteiger partial charge is 0.254 e. The van der Waals surface area contributed by atoms with E-state index in [-0.39, 0.29) is 5.15 Å². The van der Waals surface area contributed by atoms with Gasteiger partial charge in [-0.05, 0) is 19.1 Å². The van der Waals surface area contributed by atoms with Gasteiger partial charge in [0.05, 0.1) is 5.56 Å². The number of nitrogens with zero attached hydrogens (tertiary/aromatic N) is 6. The van der Waals surface area contributed by atoms with Crippen molar-refractivity contribution in [3.63, 3.8) is 0 Å². The highest BCUT2D eigenvalue weighted by atomic mass is 35.5. The van der Waals surface area contributed by atoms with Gasteiger partial charge in [-0.25, -0.2) is 9.97 Å². The van der Waals surface area contributed by atoms with E-state index in [1.54, 1.807) is 12.1 Å². The SMILES string of the molecule is Cc1nc2ncnn2c(N)c1Cc1ccc(C#N)c(Cl)n1. The molecular weight excluding hydrogens is 290 g/mol. The summed E-state index contributed by atoms with van der Waals surface area (Å²) in [5, 5.41) is 13.1. The second-order valence-corrected chi connectivity index (χ2v) is 4.82. The van der Waals surface area contributed by atoms with E-state index in [9.17, 15) is 0 Å². The van der Waals surface area contributed by atoms with Gasteiger partial charge in [-0.1, -0.05) is 11.6 Å². The van der Waals surface area contributed by atoms with Crippen molar-refractivity contribution in [1.29, 1.82) is 5.26 Å². The number of fused-ring (bicyclic) bond motifs is 1. The summed E-state index contributed by atoms with van der Waals surface area (Å²) in [4.78, 5) is 12.6. The molecule has 0 atom stereocenters. The Kier molecular flexibility index (Phi) is 3.16. The minimum Gasteiger partial charge on any atom is -0.383 e. The maximum Gasteiger partial charge on any atom is 0.254 e. The van der Waals surface area contributed by atoms with Crippen molar-refractivity contribution in [2.75, 3.05) is 5.73 Å². The molecule has 3 rings (SSSR count). The second-order valence-electron chi connectivity index (χ2n) is 4.46. The number of nitriles is 1. The molecule has 2 N–H and O–H groups in total. The molecule has 0 amide bonds. The molecule has 21 heavy (non-hydrogen) atoms. The fourth-order valence-corrected chi connectivity index (χ4v) is 2.28. The van der Waals surface area contributed by atoms with Crippen LogP contribution >= 0.6 is 11.6 Å². The van der Waals surface area contributed by atoms with E-state index in [2.05, 4.69) is 20.1 Å². The summed E-state index contributed by atoms with van der Waals surface area (Å²) in [7, 11) is 0. The summed E-state index contributed by atoms with van der Waals surface area (Å²) in [5.74, 6) is 0.928. The molecule has 0 aromatic carbocycles. The van der Waals surface area contributed by atoms with Crippen LogP contribution in [0.4, 0.5) is 5.82 Å². The van der Waals surface area contributed by atoms with Crippen LogP contribution in [0.15, 0.2) is 18.5 Å². The number of rotatable bonds is 2. The lowest BCUT2D eigenvalue weighted by molar-refractivity contribution is 0.907. The second kappa shape index (κ2) is 5.00. The molecule has 0 saturated carbocycles. The predicted molar refractivity (Wildman–Crippen MR) is 76.7 cm³/mol. The zero-order valence-corrected chi connectivity index (χ0v) is 11.8. The first-order valence-corrected chi connectivity index (χ1v) is 6.48. The Labute approximate surface area is 125 Å². The van der Waals surface area contributed by atoms with E-state index < -0.39 is 0 Å². The molecule has 3 aromatic heterocycles. The molecule has 0 radical (unpaired) electrons. The summed E-state index contributed by atoms with van der Waals surface area (Å²) >= 11 is 5.94. The molecule has 3 aromatic rings. The molecule has 0 unspecified atom stereocenters. The first-order chi connectivity index (χ1) is 10.1. The summed E-state index contributed by atoms with van der Waals surface area (Å²) < 4.78 is 1.48. The van der Waals surface area contributed by atoms with Gasteiger partial charge in [-0.3, -0.25) is 0 Å². The lowest BCUT2D eigenvalue weighted by Gasteiger charge is -2.10. The zero-order valence-electron chi connectivity index (χ0n) is 11.1. The average Bonchev–Trinajstić information content (AvgIpc) is 2.92. The van der Waals surface area contributed by atoms with Gasteiger partial charge in [0, 0.05) is 23.4 Å². The van der Waals surface area contributed by atoms with Crippen LogP contribution in [0.25, 0.3) is 5.78 Å². The Morgan fingerprint density at radius 1 is 1.38 bits per heavy atom. The third kappa shape index (κ3) is 2.26. The average molecular weight is 300 g/mol. The fourth-order valence-electron chi connectivity index (χ4n) is 2.07. The first-order valence-electron chi connectivity index (χ1n) is 6.10. The highest BCUT2D eigenvalue weighted by Crippen LogP contribution is 2.21. The zero-order chi connectivity index (χ0) is 15.0. The predicted octanol–water partition coefficient (Wildman–Crippen LogP) is 1.53. The highest BCUT2D eigenvalue weighted by molar-refractivity contribution is 6.30. The molecule has 0 saturated heterocycles. The van der Waals surface area contributed by atoms with Crippen LogP contribution in [0.1, 0.15) is 22.5 Å². The summed E-state index contributed by atoms with van der Waals surface area (Å²) in [6, 6.07) is 5.36. The molecule has 0 aliphatic heterocycles. The van der Waals surface area contributed by atoms with Gasteiger partial charge in [-0.15, -0.1) is 0 Å². The number of hydrogen-bond acceptors (Lipinski definition) is 6. The lowest BCUT2D eigenvalue weighted by atomic mass is 10.1. The van der Waals surface area contributed by atoms with Crippen LogP contribution in [-0.2, 0) is 6.42 Å². The van der Waals surface area contributed by atoms with Gasteiger partial charge >= 0.3 is 0 Å². The molecule has 0 aliphatic carbocycles. The standard InChI is InChI=1S/C13H10ClN7/c1-7-10(12(16)21-13(19-7)17-6-18-21)4-9-3-2-8(5-15)11(14)20-9/h2-3,6H,4,16H2,1H3.